The third kappa shape index (κ3) is 3.35. The molecule has 7 nitrogen and oxygen atoms in total. The third-order valence-corrected chi connectivity index (χ3v) is 5.99. The van der Waals surface area contributed by atoms with Crippen LogP contribution in [0.5, 0.6) is 0 Å². The van der Waals surface area contributed by atoms with Gasteiger partial charge in [0.25, 0.3) is 5.91 Å². The summed E-state index contributed by atoms with van der Waals surface area (Å²) in [4.78, 5) is 23.4. The van der Waals surface area contributed by atoms with Crippen LogP contribution in [0.15, 0.2) is 16.5 Å². The molecule has 0 bridgehead atoms. The molecule has 0 unspecified atom stereocenters. The minimum absolute atomic E-state index is 0.153. The lowest BCUT2D eigenvalue weighted by Gasteiger charge is -2.33. The summed E-state index contributed by atoms with van der Waals surface area (Å²) in [5.41, 5.74) is 1.69. The number of fused-ring (bicyclic) bond motifs is 1. The predicted molar refractivity (Wildman–Crippen MR) is 97.3 cm³/mol. The van der Waals surface area contributed by atoms with Crippen LogP contribution in [0.3, 0.4) is 0 Å². The quantitative estimate of drug-likeness (QED) is 0.628. The van der Waals surface area contributed by atoms with Gasteiger partial charge in [-0.2, -0.15) is 5.26 Å². The molecule has 1 N–H and O–H groups in total. The number of hydrogen-bond acceptors (Lipinski definition) is 6. The second-order valence-electron chi connectivity index (χ2n) is 7.47. The highest BCUT2D eigenvalue weighted by Crippen LogP contribution is 2.44. The summed E-state index contributed by atoms with van der Waals surface area (Å²) in [6.07, 6.45) is 2.72. The van der Waals surface area contributed by atoms with Crippen molar-refractivity contribution in [2.75, 3.05) is 5.32 Å². The van der Waals surface area contributed by atoms with Gasteiger partial charge in [0.05, 0.1) is 11.6 Å². The molecule has 8 heteroatoms. The molecule has 26 heavy (non-hydrogen) atoms. The van der Waals surface area contributed by atoms with Gasteiger partial charge in [-0.15, -0.1) is 11.3 Å². The van der Waals surface area contributed by atoms with Crippen molar-refractivity contribution in [2.24, 2.45) is 11.3 Å². The molecule has 0 saturated heterocycles. The second kappa shape index (κ2) is 6.57. The Hall–Kier alpha value is -2.66. The largest absolute Gasteiger partial charge is 0.433 e. The van der Waals surface area contributed by atoms with Gasteiger partial charge in [0, 0.05) is 4.88 Å². The lowest BCUT2D eigenvalue weighted by atomic mass is 9.72. The first-order valence-electron chi connectivity index (χ1n) is 8.31. The number of furan rings is 1. The third-order valence-electron chi connectivity index (χ3n) is 4.82. The fourth-order valence-electron chi connectivity index (χ4n) is 3.24. The van der Waals surface area contributed by atoms with Crippen molar-refractivity contribution in [3.05, 3.63) is 44.0 Å². The molecule has 1 atom stereocenters. The van der Waals surface area contributed by atoms with E-state index in [9.17, 15) is 20.2 Å². The highest BCUT2D eigenvalue weighted by Gasteiger charge is 2.32. The van der Waals surface area contributed by atoms with Crippen LogP contribution < -0.4 is 5.32 Å². The molecule has 2 heterocycles. The summed E-state index contributed by atoms with van der Waals surface area (Å²) in [6.45, 7) is 6.65. The van der Waals surface area contributed by atoms with Crippen LogP contribution in [0, 0.1) is 32.8 Å². The van der Waals surface area contributed by atoms with Gasteiger partial charge in [-0.3, -0.25) is 14.9 Å². The molecule has 3 rings (SSSR count). The van der Waals surface area contributed by atoms with Crippen molar-refractivity contribution in [3.8, 4) is 6.07 Å². The van der Waals surface area contributed by atoms with Crippen molar-refractivity contribution in [1.29, 1.82) is 5.26 Å². The van der Waals surface area contributed by atoms with Crippen LogP contribution in [0.4, 0.5) is 10.9 Å². The fourth-order valence-corrected chi connectivity index (χ4v) is 4.52. The number of amides is 1. The molecule has 1 aliphatic carbocycles. The van der Waals surface area contributed by atoms with Crippen LogP contribution in [-0.4, -0.2) is 10.8 Å². The smallest absolute Gasteiger partial charge is 0.395 e. The number of nitrogens with one attached hydrogen (secondary N) is 1. The zero-order valence-corrected chi connectivity index (χ0v) is 15.6. The first kappa shape index (κ1) is 18.1. The van der Waals surface area contributed by atoms with Gasteiger partial charge in [-0.05, 0) is 42.2 Å². The molecule has 2 aromatic heterocycles. The van der Waals surface area contributed by atoms with E-state index in [1.807, 2.05) is 0 Å². The number of nitriles is 1. The van der Waals surface area contributed by atoms with Crippen LogP contribution in [-0.2, 0) is 12.8 Å². The Morgan fingerprint density at radius 1 is 1.46 bits per heavy atom. The van der Waals surface area contributed by atoms with Gasteiger partial charge in [0.1, 0.15) is 16.0 Å². The van der Waals surface area contributed by atoms with Gasteiger partial charge in [0.2, 0.25) is 0 Å². The van der Waals surface area contributed by atoms with Crippen molar-refractivity contribution in [1.82, 2.24) is 0 Å². The molecule has 0 radical (unpaired) electrons. The molecule has 1 amide bonds. The standard InChI is InChI=1S/C18H19N3O4S/c1-18(2,3)10-4-5-11-12(9-19)17(26-14(11)8-10)20-16(22)13-6-7-15(25-13)21(23)24/h6-7,10H,4-5,8H2,1-3H3,(H,20,22)/t10-/m1/s1. The summed E-state index contributed by atoms with van der Waals surface area (Å²) in [7, 11) is 0. The Balaban J connectivity index is 1.85. The Morgan fingerprint density at radius 3 is 2.77 bits per heavy atom. The molecular weight excluding hydrogens is 354 g/mol. The van der Waals surface area contributed by atoms with E-state index < -0.39 is 16.7 Å². The number of thiophene rings is 1. The van der Waals surface area contributed by atoms with Gasteiger partial charge in [0.15, 0.2) is 5.76 Å². The van der Waals surface area contributed by atoms with E-state index in [-0.39, 0.29) is 11.2 Å². The molecular formula is C18H19N3O4S. The molecule has 0 aromatic carbocycles. The maximum Gasteiger partial charge on any atom is 0.433 e. The van der Waals surface area contributed by atoms with Crippen LogP contribution in [0.1, 0.15) is 53.8 Å². The Morgan fingerprint density at radius 2 is 2.19 bits per heavy atom. The van der Waals surface area contributed by atoms with E-state index in [0.717, 1.165) is 35.8 Å². The number of rotatable bonds is 3. The van der Waals surface area contributed by atoms with E-state index in [1.54, 1.807) is 0 Å². The molecule has 136 valence electrons. The number of nitro groups is 1. The van der Waals surface area contributed by atoms with E-state index in [2.05, 4.69) is 32.2 Å². The van der Waals surface area contributed by atoms with Gasteiger partial charge in [-0.1, -0.05) is 20.8 Å². The van der Waals surface area contributed by atoms with Gasteiger partial charge in [-0.25, -0.2) is 0 Å². The molecule has 0 aliphatic heterocycles. The second-order valence-corrected chi connectivity index (χ2v) is 8.58. The first-order valence-corrected chi connectivity index (χ1v) is 9.12. The average Bonchev–Trinajstić information content (AvgIpc) is 3.17. The molecule has 0 spiro atoms. The van der Waals surface area contributed by atoms with E-state index in [1.165, 1.54) is 17.4 Å². The Bertz CT molecular complexity index is 914. The number of hydrogen-bond donors (Lipinski definition) is 1. The van der Waals surface area contributed by atoms with Crippen LogP contribution >= 0.6 is 11.3 Å². The predicted octanol–water partition coefficient (Wildman–Crippen LogP) is 4.52. The van der Waals surface area contributed by atoms with Crippen molar-refractivity contribution >= 4 is 28.1 Å². The topological polar surface area (TPSA) is 109 Å². The van der Waals surface area contributed by atoms with Crippen molar-refractivity contribution in [2.45, 2.75) is 40.0 Å². The Labute approximate surface area is 154 Å². The SMILES string of the molecule is CC(C)(C)[C@@H]1CCc2c(sc(NC(=O)c3ccc([N+](=O)[O-])o3)c2C#N)C1. The zero-order chi connectivity index (χ0) is 19.1. The lowest BCUT2D eigenvalue weighted by molar-refractivity contribution is -0.402. The van der Waals surface area contributed by atoms with Crippen molar-refractivity contribution < 1.29 is 14.1 Å². The summed E-state index contributed by atoms with van der Waals surface area (Å²) < 4.78 is 4.93. The summed E-state index contributed by atoms with van der Waals surface area (Å²) in [5, 5.41) is 23.4. The summed E-state index contributed by atoms with van der Waals surface area (Å²) in [6, 6.07) is 4.58. The number of anilines is 1. The number of nitrogens with zero attached hydrogens (tertiary/aromatic N) is 2. The number of carbonyl (C=O) groups is 1. The summed E-state index contributed by atoms with van der Waals surface area (Å²) in [5.74, 6) is -0.717. The monoisotopic (exact) mass is 373 g/mol. The fraction of sp³-hybridized carbons (Fsp3) is 0.444. The zero-order valence-electron chi connectivity index (χ0n) is 14.8. The normalized spacial score (nSPS) is 16.6. The molecule has 0 saturated carbocycles. The Kier molecular flexibility index (Phi) is 4.59. The van der Waals surface area contributed by atoms with Gasteiger partial charge >= 0.3 is 5.88 Å². The first-order chi connectivity index (χ1) is 12.2. The maximum absolute atomic E-state index is 12.3. The highest BCUT2D eigenvalue weighted by molar-refractivity contribution is 7.16. The minimum atomic E-state index is -0.700. The average molecular weight is 373 g/mol. The maximum atomic E-state index is 12.3. The van der Waals surface area contributed by atoms with E-state index in [0.29, 0.717) is 16.5 Å². The number of carbonyl (C=O) groups excluding carboxylic acids is 1. The van der Waals surface area contributed by atoms with Crippen LogP contribution in [0.2, 0.25) is 0 Å². The van der Waals surface area contributed by atoms with E-state index >= 15 is 0 Å². The molecule has 0 fully saturated rings. The summed E-state index contributed by atoms with van der Waals surface area (Å²) >= 11 is 1.41. The van der Waals surface area contributed by atoms with Crippen molar-refractivity contribution in [3.63, 3.8) is 0 Å². The lowest BCUT2D eigenvalue weighted by Crippen LogP contribution is -2.26. The highest BCUT2D eigenvalue weighted by atomic mass is 32.1. The van der Waals surface area contributed by atoms with E-state index in [4.69, 9.17) is 4.42 Å². The molecule has 2 aromatic rings. The molecule has 1 aliphatic rings. The van der Waals surface area contributed by atoms with Gasteiger partial charge < -0.3 is 9.73 Å². The minimum Gasteiger partial charge on any atom is -0.395 e. The van der Waals surface area contributed by atoms with Crippen LogP contribution in [0.25, 0.3) is 0 Å².